The van der Waals surface area contributed by atoms with Crippen molar-refractivity contribution < 1.29 is 4.79 Å². The van der Waals surface area contributed by atoms with Crippen molar-refractivity contribution in [3.05, 3.63) is 23.4 Å². The zero-order chi connectivity index (χ0) is 14.3. The third kappa shape index (κ3) is 4.89. The molecule has 1 amide bonds. The molecule has 0 aliphatic heterocycles. The predicted octanol–water partition coefficient (Wildman–Crippen LogP) is 2.99. The minimum Gasteiger partial charge on any atom is -0.373 e. The van der Waals surface area contributed by atoms with E-state index in [0.29, 0.717) is 5.56 Å². The Morgan fingerprint density at radius 1 is 1.37 bits per heavy atom. The van der Waals surface area contributed by atoms with Crippen molar-refractivity contribution in [3.8, 4) is 0 Å². The molecule has 1 heterocycles. The lowest BCUT2D eigenvalue weighted by Crippen LogP contribution is -2.32. The van der Waals surface area contributed by atoms with Crippen molar-refractivity contribution in [3.63, 3.8) is 0 Å². The molecule has 0 saturated carbocycles. The number of aryl methyl sites for hydroxylation is 1. The minimum atomic E-state index is -0.0165. The topological polar surface area (TPSA) is 54.0 Å². The molecule has 0 fully saturated rings. The molecule has 0 saturated heterocycles. The molecule has 0 spiro atoms. The number of nitrogens with one attached hydrogen (secondary N) is 2. The molecule has 1 unspecified atom stereocenters. The largest absolute Gasteiger partial charge is 0.373 e. The Morgan fingerprint density at radius 3 is 2.68 bits per heavy atom. The average molecular weight is 263 g/mol. The van der Waals surface area contributed by atoms with Crippen LogP contribution in [0.2, 0.25) is 0 Å². The first-order valence-corrected chi connectivity index (χ1v) is 7.10. The summed E-state index contributed by atoms with van der Waals surface area (Å²) in [6.45, 7) is 6.24. The Kier molecular flexibility index (Phi) is 6.33. The highest BCUT2D eigenvalue weighted by Crippen LogP contribution is 2.11. The zero-order valence-electron chi connectivity index (χ0n) is 12.4. The van der Waals surface area contributed by atoms with Crippen LogP contribution in [0.3, 0.4) is 0 Å². The number of rotatable bonds is 7. The van der Waals surface area contributed by atoms with E-state index in [-0.39, 0.29) is 11.9 Å². The summed E-state index contributed by atoms with van der Waals surface area (Å²) >= 11 is 0. The highest BCUT2D eigenvalue weighted by atomic mass is 16.1. The van der Waals surface area contributed by atoms with Crippen LogP contribution in [0.15, 0.2) is 12.1 Å². The van der Waals surface area contributed by atoms with Crippen LogP contribution in [0.4, 0.5) is 5.82 Å². The fourth-order valence-electron chi connectivity index (χ4n) is 1.92. The molecule has 0 aliphatic carbocycles. The quantitative estimate of drug-likeness (QED) is 0.795. The average Bonchev–Trinajstić information content (AvgIpc) is 2.44. The minimum absolute atomic E-state index is 0.0165. The van der Waals surface area contributed by atoms with Crippen LogP contribution < -0.4 is 10.6 Å². The van der Waals surface area contributed by atoms with Crippen LogP contribution in [-0.4, -0.2) is 24.0 Å². The van der Waals surface area contributed by atoms with Crippen LogP contribution in [0.5, 0.6) is 0 Å². The second kappa shape index (κ2) is 7.77. The van der Waals surface area contributed by atoms with Crippen LogP contribution in [0.25, 0.3) is 0 Å². The Bertz CT molecular complexity index is 396. The van der Waals surface area contributed by atoms with E-state index in [0.717, 1.165) is 37.2 Å². The van der Waals surface area contributed by atoms with E-state index in [9.17, 15) is 4.79 Å². The zero-order valence-corrected chi connectivity index (χ0v) is 12.4. The molecule has 4 heteroatoms. The van der Waals surface area contributed by atoms with Gasteiger partial charge in [-0.1, -0.05) is 26.7 Å². The summed E-state index contributed by atoms with van der Waals surface area (Å²) in [5.74, 6) is 0.725. The number of nitrogens with zero attached hydrogens (tertiary/aromatic N) is 1. The smallest absolute Gasteiger partial charge is 0.251 e. The van der Waals surface area contributed by atoms with Crippen molar-refractivity contribution in [2.45, 2.75) is 52.5 Å². The Morgan fingerprint density at radius 2 is 2.11 bits per heavy atom. The van der Waals surface area contributed by atoms with E-state index < -0.39 is 0 Å². The Hall–Kier alpha value is -1.58. The van der Waals surface area contributed by atoms with Gasteiger partial charge in [0.2, 0.25) is 0 Å². The molecule has 1 atom stereocenters. The predicted molar refractivity (Wildman–Crippen MR) is 79.6 cm³/mol. The molecule has 1 aromatic rings. The number of unbranched alkanes of at least 4 members (excludes halogenated alkanes) is 1. The number of anilines is 1. The lowest BCUT2D eigenvalue weighted by Gasteiger charge is -2.14. The molecule has 4 nitrogen and oxygen atoms in total. The van der Waals surface area contributed by atoms with E-state index in [2.05, 4.69) is 29.5 Å². The summed E-state index contributed by atoms with van der Waals surface area (Å²) in [6.07, 6.45) is 4.13. The number of hydrogen-bond acceptors (Lipinski definition) is 3. The molecule has 0 radical (unpaired) electrons. The maximum atomic E-state index is 12.2. The summed E-state index contributed by atoms with van der Waals surface area (Å²) < 4.78 is 0. The summed E-state index contributed by atoms with van der Waals surface area (Å²) in [6, 6.07) is 3.87. The molecule has 2 N–H and O–H groups in total. The highest BCUT2D eigenvalue weighted by Gasteiger charge is 2.11. The summed E-state index contributed by atoms with van der Waals surface area (Å²) in [7, 11) is 1.81. The molecule has 1 rings (SSSR count). The van der Waals surface area contributed by atoms with Gasteiger partial charge in [-0.05, 0) is 31.9 Å². The fraction of sp³-hybridized carbons (Fsp3) is 0.600. The third-order valence-corrected chi connectivity index (χ3v) is 3.13. The summed E-state index contributed by atoms with van der Waals surface area (Å²) in [5.41, 5.74) is 1.61. The van der Waals surface area contributed by atoms with Gasteiger partial charge < -0.3 is 10.6 Å². The third-order valence-electron chi connectivity index (χ3n) is 3.13. The van der Waals surface area contributed by atoms with Crippen molar-refractivity contribution in [1.29, 1.82) is 0 Å². The van der Waals surface area contributed by atoms with E-state index in [1.54, 1.807) is 6.07 Å². The Balaban J connectivity index is 2.75. The van der Waals surface area contributed by atoms with Crippen molar-refractivity contribution in [2.75, 3.05) is 12.4 Å². The molecule has 1 aromatic heterocycles. The number of carbonyl (C=O) groups is 1. The van der Waals surface area contributed by atoms with Gasteiger partial charge >= 0.3 is 0 Å². The Labute approximate surface area is 116 Å². The van der Waals surface area contributed by atoms with Gasteiger partial charge in [0, 0.05) is 24.3 Å². The maximum absolute atomic E-state index is 12.2. The van der Waals surface area contributed by atoms with Gasteiger partial charge in [-0.2, -0.15) is 0 Å². The van der Waals surface area contributed by atoms with Gasteiger partial charge in [-0.25, -0.2) is 4.98 Å². The van der Waals surface area contributed by atoms with Gasteiger partial charge in [0.25, 0.3) is 5.91 Å². The van der Waals surface area contributed by atoms with Gasteiger partial charge in [0.15, 0.2) is 0 Å². The van der Waals surface area contributed by atoms with Crippen LogP contribution >= 0.6 is 0 Å². The normalized spacial score (nSPS) is 12.0. The summed E-state index contributed by atoms with van der Waals surface area (Å²) in [5, 5.41) is 6.03. The van der Waals surface area contributed by atoms with Gasteiger partial charge in [0.1, 0.15) is 5.82 Å². The lowest BCUT2D eigenvalue weighted by atomic mass is 10.1. The van der Waals surface area contributed by atoms with E-state index in [1.165, 1.54) is 0 Å². The standard InChI is InChI=1S/C15H25N3O/c1-5-7-8-11(3)17-15(19)12-9-13(6-2)18-14(10-12)16-4/h9-11H,5-8H2,1-4H3,(H,16,18)(H,17,19). The fourth-order valence-corrected chi connectivity index (χ4v) is 1.92. The van der Waals surface area contributed by atoms with Crippen LogP contribution in [0, 0.1) is 0 Å². The first-order chi connectivity index (χ1) is 9.10. The molecule has 0 bridgehead atoms. The van der Waals surface area contributed by atoms with Crippen molar-refractivity contribution >= 4 is 11.7 Å². The summed E-state index contributed by atoms with van der Waals surface area (Å²) in [4.78, 5) is 16.6. The molecule has 106 valence electrons. The first-order valence-electron chi connectivity index (χ1n) is 7.10. The molecule has 0 aromatic carbocycles. The molecule has 19 heavy (non-hydrogen) atoms. The van der Waals surface area contributed by atoms with Crippen LogP contribution in [-0.2, 0) is 6.42 Å². The number of carbonyl (C=O) groups excluding carboxylic acids is 1. The second-order valence-electron chi connectivity index (χ2n) is 4.85. The maximum Gasteiger partial charge on any atom is 0.251 e. The lowest BCUT2D eigenvalue weighted by molar-refractivity contribution is 0.0938. The van der Waals surface area contributed by atoms with E-state index >= 15 is 0 Å². The number of hydrogen-bond donors (Lipinski definition) is 2. The molecular weight excluding hydrogens is 238 g/mol. The van der Waals surface area contributed by atoms with Gasteiger partial charge in [-0.3, -0.25) is 4.79 Å². The first kappa shape index (κ1) is 15.5. The van der Waals surface area contributed by atoms with Gasteiger partial charge in [0.05, 0.1) is 0 Å². The molecule has 0 aliphatic rings. The second-order valence-corrected chi connectivity index (χ2v) is 4.85. The highest BCUT2D eigenvalue weighted by molar-refractivity contribution is 5.95. The number of aromatic nitrogens is 1. The van der Waals surface area contributed by atoms with Gasteiger partial charge in [-0.15, -0.1) is 0 Å². The van der Waals surface area contributed by atoms with Crippen molar-refractivity contribution in [2.24, 2.45) is 0 Å². The van der Waals surface area contributed by atoms with Crippen LogP contribution in [0.1, 0.15) is 56.1 Å². The monoisotopic (exact) mass is 263 g/mol. The van der Waals surface area contributed by atoms with E-state index in [1.807, 2.05) is 20.0 Å². The number of pyridine rings is 1. The number of amides is 1. The van der Waals surface area contributed by atoms with Crippen molar-refractivity contribution in [1.82, 2.24) is 10.3 Å². The SMILES string of the molecule is CCCCC(C)NC(=O)c1cc(CC)nc(NC)c1. The molecular formula is C15H25N3O. The van der Waals surface area contributed by atoms with E-state index in [4.69, 9.17) is 0 Å².